The predicted molar refractivity (Wildman–Crippen MR) is 82.2 cm³/mol. The molecule has 1 aliphatic rings. The molecule has 1 aromatic heterocycles. The summed E-state index contributed by atoms with van der Waals surface area (Å²) in [6.07, 6.45) is 0. The van der Waals surface area contributed by atoms with Crippen LogP contribution in [0, 0.1) is 0 Å². The molecular weight excluding hydrogens is 270 g/mol. The third-order valence-corrected chi connectivity index (χ3v) is 4.40. The fourth-order valence-corrected chi connectivity index (χ4v) is 3.17. The number of hydrogen-bond donors (Lipinski definition) is 1. The number of nitrogens with one attached hydrogen (secondary N) is 1. The highest BCUT2D eigenvalue weighted by Gasteiger charge is 2.12. The number of piperazine rings is 1. The Balaban J connectivity index is 1.72. The summed E-state index contributed by atoms with van der Waals surface area (Å²) in [5, 5.41) is 6.60. The first-order chi connectivity index (χ1) is 9.85. The summed E-state index contributed by atoms with van der Waals surface area (Å²) < 4.78 is 5.27. The average Bonchev–Trinajstić information content (AvgIpc) is 2.97. The molecule has 0 saturated carbocycles. The molecule has 3 rings (SSSR count). The maximum atomic E-state index is 5.27. The highest BCUT2D eigenvalue weighted by atomic mass is 32.1. The van der Waals surface area contributed by atoms with Gasteiger partial charge in [0.25, 0.3) is 0 Å². The van der Waals surface area contributed by atoms with Crippen molar-refractivity contribution in [1.29, 1.82) is 0 Å². The number of ether oxygens (including phenoxy) is 1. The fourth-order valence-electron chi connectivity index (χ4n) is 2.37. The van der Waals surface area contributed by atoms with Gasteiger partial charge in [0.1, 0.15) is 10.8 Å². The second-order valence-electron chi connectivity index (χ2n) is 4.90. The standard InChI is InChI=1S/C15H19N3OS/c1-19-14-4-2-3-12(9-14)15-17-13(11-20-15)10-18-7-5-16-6-8-18/h2-4,9,11,16H,5-8,10H2,1H3. The van der Waals surface area contributed by atoms with E-state index in [1.165, 1.54) is 0 Å². The Morgan fingerprint density at radius 1 is 1.35 bits per heavy atom. The van der Waals surface area contributed by atoms with Crippen molar-refractivity contribution in [2.24, 2.45) is 0 Å². The molecule has 0 radical (unpaired) electrons. The third-order valence-electron chi connectivity index (χ3n) is 3.46. The second-order valence-corrected chi connectivity index (χ2v) is 5.76. The van der Waals surface area contributed by atoms with Gasteiger partial charge < -0.3 is 10.1 Å². The minimum Gasteiger partial charge on any atom is -0.497 e. The lowest BCUT2D eigenvalue weighted by atomic mass is 10.2. The van der Waals surface area contributed by atoms with E-state index in [1.54, 1.807) is 18.4 Å². The van der Waals surface area contributed by atoms with Gasteiger partial charge in [-0.15, -0.1) is 11.3 Å². The minimum absolute atomic E-state index is 0.876. The summed E-state index contributed by atoms with van der Waals surface area (Å²) >= 11 is 1.70. The third kappa shape index (κ3) is 3.17. The molecule has 0 unspecified atom stereocenters. The molecule has 2 heterocycles. The van der Waals surface area contributed by atoms with E-state index >= 15 is 0 Å². The Hall–Kier alpha value is -1.43. The van der Waals surface area contributed by atoms with Crippen LogP contribution < -0.4 is 10.1 Å². The zero-order valence-corrected chi connectivity index (χ0v) is 12.4. The zero-order chi connectivity index (χ0) is 13.8. The number of methoxy groups -OCH3 is 1. The number of hydrogen-bond acceptors (Lipinski definition) is 5. The Kier molecular flexibility index (Phi) is 4.30. The second kappa shape index (κ2) is 6.35. The van der Waals surface area contributed by atoms with Crippen molar-refractivity contribution < 1.29 is 4.74 Å². The molecule has 4 nitrogen and oxygen atoms in total. The molecule has 0 spiro atoms. The molecule has 1 aromatic carbocycles. The van der Waals surface area contributed by atoms with Crippen LogP contribution >= 0.6 is 11.3 Å². The van der Waals surface area contributed by atoms with Crippen LogP contribution in [-0.4, -0.2) is 43.2 Å². The van der Waals surface area contributed by atoms with Crippen molar-refractivity contribution in [2.45, 2.75) is 6.54 Å². The molecule has 0 atom stereocenters. The van der Waals surface area contributed by atoms with E-state index in [0.29, 0.717) is 0 Å². The summed E-state index contributed by atoms with van der Waals surface area (Å²) in [6.45, 7) is 5.31. The fraction of sp³-hybridized carbons (Fsp3) is 0.400. The van der Waals surface area contributed by atoms with Gasteiger partial charge in [-0.3, -0.25) is 4.90 Å². The van der Waals surface area contributed by atoms with Crippen LogP contribution in [0.1, 0.15) is 5.69 Å². The van der Waals surface area contributed by atoms with Crippen molar-refractivity contribution in [3.05, 3.63) is 35.3 Å². The lowest BCUT2D eigenvalue weighted by Gasteiger charge is -2.26. The highest BCUT2D eigenvalue weighted by Crippen LogP contribution is 2.27. The Labute approximate surface area is 123 Å². The van der Waals surface area contributed by atoms with Gasteiger partial charge in [0, 0.05) is 43.7 Å². The molecule has 106 valence electrons. The van der Waals surface area contributed by atoms with Crippen molar-refractivity contribution in [3.63, 3.8) is 0 Å². The van der Waals surface area contributed by atoms with Crippen LogP contribution in [-0.2, 0) is 6.54 Å². The summed E-state index contributed by atoms with van der Waals surface area (Å²) in [5.41, 5.74) is 2.29. The van der Waals surface area contributed by atoms with Crippen molar-refractivity contribution in [2.75, 3.05) is 33.3 Å². The van der Waals surface area contributed by atoms with Crippen LogP contribution in [0.4, 0.5) is 0 Å². The maximum Gasteiger partial charge on any atom is 0.123 e. The van der Waals surface area contributed by atoms with E-state index < -0.39 is 0 Å². The van der Waals surface area contributed by atoms with E-state index in [4.69, 9.17) is 9.72 Å². The van der Waals surface area contributed by atoms with E-state index in [-0.39, 0.29) is 0 Å². The van der Waals surface area contributed by atoms with Crippen molar-refractivity contribution in [3.8, 4) is 16.3 Å². The molecule has 20 heavy (non-hydrogen) atoms. The van der Waals surface area contributed by atoms with E-state index in [0.717, 1.165) is 54.7 Å². The SMILES string of the molecule is COc1cccc(-c2nc(CN3CCNCC3)cs2)c1. The van der Waals surface area contributed by atoms with Gasteiger partial charge in [-0.1, -0.05) is 12.1 Å². The first-order valence-corrected chi connectivity index (χ1v) is 7.75. The van der Waals surface area contributed by atoms with Gasteiger partial charge in [0.15, 0.2) is 0 Å². The number of benzene rings is 1. The van der Waals surface area contributed by atoms with E-state index in [1.807, 2.05) is 18.2 Å². The van der Waals surface area contributed by atoms with Crippen LogP contribution in [0.15, 0.2) is 29.6 Å². The van der Waals surface area contributed by atoms with Gasteiger partial charge in [0.05, 0.1) is 12.8 Å². The quantitative estimate of drug-likeness (QED) is 0.936. The number of nitrogens with zero attached hydrogens (tertiary/aromatic N) is 2. The predicted octanol–water partition coefficient (Wildman–Crippen LogP) is 2.22. The Morgan fingerprint density at radius 2 is 2.20 bits per heavy atom. The smallest absolute Gasteiger partial charge is 0.123 e. The van der Waals surface area contributed by atoms with E-state index in [2.05, 4.69) is 21.7 Å². The Bertz CT molecular complexity index is 564. The summed E-state index contributed by atoms with van der Waals surface area (Å²) in [5.74, 6) is 0.876. The minimum atomic E-state index is 0.876. The molecule has 1 saturated heterocycles. The average molecular weight is 289 g/mol. The van der Waals surface area contributed by atoms with E-state index in [9.17, 15) is 0 Å². The Morgan fingerprint density at radius 3 is 3.00 bits per heavy atom. The lowest BCUT2D eigenvalue weighted by molar-refractivity contribution is 0.231. The molecule has 1 aliphatic heterocycles. The van der Waals surface area contributed by atoms with Gasteiger partial charge in [-0.05, 0) is 12.1 Å². The van der Waals surface area contributed by atoms with Crippen molar-refractivity contribution in [1.82, 2.24) is 15.2 Å². The number of thiazole rings is 1. The van der Waals surface area contributed by atoms with Crippen LogP contribution in [0.2, 0.25) is 0 Å². The monoisotopic (exact) mass is 289 g/mol. The first kappa shape index (κ1) is 13.5. The summed E-state index contributed by atoms with van der Waals surface area (Å²) in [6, 6.07) is 8.08. The van der Waals surface area contributed by atoms with Crippen LogP contribution in [0.3, 0.4) is 0 Å². The molecule has 2 aromatic rings. The number of aromatic nitrogens is 1. The first-order valence-electron chi connectivity index (χ1n) is 6.87. The lowest BCUT2D eigenvalue weighted by Crippen LogP contribution is -2.42. The van der Waals surface area contributed by atoms with Crippen LogP contribution in [0.25, 0.3) is 10.6 Å². The molecular formula is C15H19N3OS. The zero-order valence-electron chi connectivity index (χ0n) is 11.6. The van der Waals surface area contributed by atoms with Crippen molar-refractivity contribution >= 4 is 11.3 Å². The van der Waals surface area contributed by atoms with Gasteiger partial charge in [-0.2, -0.15) is 0 Å². The summed E-state index contributed by atoms with van der Waals surface area (Å²) in [7, 11) is 1.69. The molecule has 0 aliphatic carbocycles. The normalized spacial score (nSPS) is 16.2. The maximum absolute atomic E-state index is 5.27. The van der Waals surface area contributed by atoms with Gasteiger partial charge in [0.2, 0.25) is 0 Å². The number of rotatable bonds is 4. The molecule has 5 heteroatoms. The highest BCUT2D eigenvalue weighted by molar-refractivity contribution is 7.13. The molecule has 1 fully saturated rings. The van der Waals surface area contributed by atoms with Crippen LogP contribution in [0.5, 0.6) is 5.75 Å². The topological polar surface area (TPSA) is 37.4 Å². The molecule has 0 bridgehead atoms. The summed E-state index contributed by atoms with van der Waals surface area (Å²) in [4.78, 5) is 7.20. The van der Waals surface area contributed by atoms with Gasteiger partial charge in [-0.25, -0.2) is 4.98 Å². The molecule has 1 N–H and O–H groups in total. The molecule has 0 amide bonds. The van der Waals surface area contributed by atoms with Gasteiger partial charge >= 0.3 is 0 Å². The largest absolute Gasteiger partial charge is 0.497 e.